The monoisotopic (exact) mass is 463 g/mol. The van der Waals surface area contributed by atoms with Gasteiger partial charge in [-0.3, -0.25) is 4.79 Å². The summed E-state index contributed by atoms with van der Waals surface area (Å²) in [6.45, 7) is 0.500. The van der Waals surface area contributed by atoms with E-state index in [1.165, 1.54) is 0 Å². The van der Waals surface area contributed by atoms with Crippen molar-refractivity contribution in [1.29, 1.82) is 0 Å². The van der Waals surface area contributed by atoms with Crippen molar-refractivity contribution >= 4 is 41.1 Å². The molecule has 31 heavy (non-hydrogen) atoms. The number of rotatable bonds is 5. The summed E-state index contributed by atoms with van der Waals surface area (Å²) in [5.41, 5.74) is 16.8. The van der Waals surface area contributed by atoms with Gasteiger partial charge in [-0.15, -0.1) is 0 Å². The number of nitrogen functional groups attached to an aromatic ring is 1. The minimum absolute atomic E-state index is 0.0240. The van der Waals surface area contributed by atoms with Gasteiger partial charge in [-0.05, 0) is 24.1 Å². The van der Waals surface area contributed by atoms with Crippen molar-refractivity contribution in [2.24, 2.45) is 16.5 Å². The fraction of sp³-hybridized carbons (Fsp3) is 0.188. The summed E-state index contributed by atoms with van der Waals surface area (Å²) in [7, 11) is 0. The molecule has 0 saturated carbocycles. The predicted molar refractivity (Wildman–Crippen MR) is 106 cm³/mol. The van der Waals surface area contributed by atoms with Gasteiger partial charge in [0.05, 0.1) is 0 Å². The maximum absolute atomic E-state index is 11.7. The van der Waals surface area contributed by atoms with Crippen LogP contribution in [0, 0.1) is 0 Å². The number of aliphatic imine (C=N–C) groups is 1. The van der Waals surface area contributed by atoms with Crippen LogP contribution in [0.2, 0.25) is 5.15 Å². The number of nitrogens with two attached hydrogens (primary N) is 3. The number of phenols is 1. The highest BCUT2D eigenvalue weighted by atomic mass is 35.5. The summed E-state index contributed by atoms with van der Waals surface area (Å²) in [5, 5.41) is 19.3. The highest BCUT2D eigenvalue weighted by Crippen LogP contribution is 2.21. The third-order valence-electron chi connectivity index (χ3n) is 3.20. The Morgan fingerprint density at radius 1 is 1.16 bits per heavy atom. The van der Waals surface area contributed by atoms with Crippen LogP contribution in [0.4, 0.5) is 24.8 Å². The van der Waals surface area contributed by atoms with Crippen LogP contribution in [0.15, 0.2) is 29.3 Å². The molecule has 0 radical (unpaired) electrons. The summed E-state index contributed by atoms with van der Waals surface area (Å²) in [6.07, 6.45) is -4.42. The summed E-state index contributed by atoms with van der Waals surface area (Å²) >= 11 is 6.00. The molecule has 2 rings (SSSR count). The van der Waals surface area contributed by atoms with E-state index < -0.39 is 24.0 Å². The van der Waals surface area contributed by atoms with Gasteiger partial charge in [0.25, 0.3) is 0 Å². The average molecular weight is 464 g/mol. The van der Waals surface area contributed by atoms with Gasteiger partial charge in [-0.1, -0.05) is 23.7 Å². The largest absolute Gasteiger partial charge is 0.508 e. The number of hydrogen-bond acceptors (Lipinski definition) is 7. The van der Waals surface area contributed by atoms with E-state index in [4.69, 9.17) is 38.7 Å². The van der Waals surface area contributed by atoms with Crippen molar-refractivity contribution in [3.05, 3.63) is 40.7 Å². The number of hydrogen-bond donors (Lipinski definition) is 6. The zero-order chi connectivity index (χ0) is 23.8. The first kappa shape index (κ1) is 25.2. The lowest BCUT2D eigenvalue weighted by Gasteiger charge is -2.09. The van der Waals surface area contributed by atoms with Crippen LogP contribution in [0.3, 0.4) is 0 Å². The molecular weight excluding hydrogens is 447 g/mol. The Morgan fingerprint density at radius 2 is 1.71 bits per heavy atom. The molecular formula is C16H17ClF3N7O4. The number of alkyl halides is 3. The molecule has 0 saturated heterocycles. The summed E-state index contributed by atoms with van der Waals surface area (Å²) in [5.74, 6) is -3.68. The highest BCUT2D eigenvalue weighted by Gasteiger charge is 2.38. The Kier molecular flexibility index (Phi) is 8.81. The van der Waals surface area contributed by atoms with Crippen LogP contribution < -0.4 is 22.5 Å². The average Bonchev–Trinajstić information content (AvgIpc) is 2.65. The number of aliphatic carboxylic acids is 1. The van der Waals surface area contributed by atoms with Gasteiger partial charge in [-0.25, -0.2) is 14.8 Å². The van der Waals surface area contributed by atoms with Gasteiger partial charge in [0.1, 0.15) is 5.75 Å². The van der Waals surface area contributed by atoms with E-state index in [2.05, 4.69) is 20.3 Å². The number of aromatic nitrogens is 2. The normalized spacial score (nSPS) is 10.5. The number of benzene rings is 1. The Morgan fingerprint density at radius 3 is 2.19 bits per heavy atom. The van der Waals surface area contributed by atoms with Crippen LogP contribution >= 0.6 is 11.6 Å². The molecule has 0 aliphatic carbocycles. The minimum Gasteiger partial charge on any atom is -0.508 e. The van der Waals surface area contributed by atoms with Crippen molar-refractivity contribution < 1.29 is 33.0 Å². The Balaban J connectivity index is 0.000000592. The maximum atomic E-state index is 11.7. The number of carbonyl (C=O) groups excluding carboxylic acids is 1. The quantitative estimate of drug-likeness (QED) is 0.275. The molecule has 1 aromatic carbocycles. The second-order valence-electron chi connectivity index (χ2n) is 5.58. The van der Waals surface area contributed by atoms with Gasteiger partial charge in [0.2, 0.25) is 0 Å². The first-order valence-corrected chi connectivity index (χ1v) is 8.48. The molecule has 168 valence electrons. The second kappa shape index (κ2) is 10.8. The molecule has 1 heterocycles. The number of carbonyl (C=O) groups is 2. The fourth-order valence-electron chi connectivity index (χ4n) is 1.86. The molecule has 0 bridgehead atoms. The predicted octanol–water partition coefficient (Wildman–Crippen LogP) is 1.12. The topological polar surface area (TPSA) is 203 Å². The molecule has 9 N–H and O–H groups in total. The number of guanidine groups is 1. The number of aromatic hydroxyl groups is 1. The number of nitrogens with zero attached hydrogens (tertiary/aromatic N) is 3. The van der Waals surface area contributed by atoms with Crippen LogP contribution in [-0.4, -0.2) is 50.7 Å². The van der Waals surface area contributed by atoms with E-state index in [1.807, 2.05) is 0 Å². The lowest BCUT2D eigenvalue weighted by atomic mass is 10.1. The molecule has 0 spiro atoms. The van der Waals surface area contributed by atoms with Gasteiger partial charge in [-0.2, -0.15) is 18.2 Å². The lowest BCUT2D eigenvalue weighted by Crippen LogP contribution is -2.25. The summed E-state index contributed by atoms with van der Waals surface area (Å²) in [4.78, 5) is 31.9. The molecule has 1 aromatic heterocycles. The molecule has 11 nitrogen and oxygen atoms in total. The summed E-state index contributed by atoms with van der Waals surface area (Å²) < 4.78 is 31.7. The number of amides is 1. The third-order valence-corrected chi connectivity index (χ3v) is 3.46. The highest BCUT2D eigenvalue weighted by molar-refractivity contribution is 6.32. The van der Waals surface area contributed by atoms with Crippen LogP contribution in [-0.2, 0) is 11.2 Å². The number of halogens is 4. The van der Waals surface area contributed by atoms with Crippen molar-refractivity contribution in [2.45, 2.75) is 12.6 Å². The zero-order valence-corrected chi connectivity index (χ0v) is 16.3. The molecule has 15 heteroatoms. The van der Waals surface area contributed by atoms with Gasteiger partial charge in [0, 0.05) is 6.54 Å². The molecule has 0 aliphatic heterocycles. The minimum atomic E-state index is -5.08. The first-order valence-electron chi connectivity index (χ1n) is 8.10. The van der Waals surface area contributed by atoms with Crippen LogP contribution in [0.5, 0.6) is 5.75 Å². The van der Waals surface area contributed by atoms with E-state index in [0.29, 0.717) is 13.0 Å². The number of phenolic OH excluding ortho intramolecular Hbond substituents is 1. The first-order chi connectivity index (χ1) is 14.3. The fourth-order valence-corrected chi connectivity index (χ4v) is 2.05. The zero-order valence-electron chi connectivity index (χ0n) is 15.5. The van der Waals surface area contributed by atoms with Crippen molar-refractivity contribution in [3.8, 4) is 5.75 Å². The molecule has 2 aromatic rings. The van der Waals surface area contributed by atoms with E-state index in [-0.39, 0.29) is 28.2 Å². The van der Waals surface area contributed by atoms with Crippen LogP contribution in [0.25, 0.3) is 0 Å². The number of carboxylic acid groups (broad SMARTS) is 1. The van der Waals surface area contributed by atoms with Gasteiger partial charge < -0.3 is 32.7 Å². The van der Waals surface area contributed by atoms with E-state index in [0.717, 1.165) is 5.56 Å². The van der Waals surface area contributed by atoms with Crippen LogP contribution in [0.1, 0.15) is 16.1 Å². The Hall–Kier alpha value is -3.81. The molecule has 0 atom stereocenters. The maximum Gasteiger partial charge on any atom is 0.490 e. The number of carboxylic acids is 1. The molecule has 1 amide bonds. The van der Waals surface area contributed by atoms with E-state index in [1.54, 1.807) is 24.3 Å². The van der Waals surface area contributed by atoms with Crippen molar-refractivity contribution in [3.63, 3.8) is 0 Å². The van der Waals surface area contributed by atoms with Crippen molar-refractivity contribution in [1.82, 2.24) is 9.97 Å². The molecule has 0 aliphatic rings. The van der Waals surface area contributed by atoms with E-state index in [9.17, 15) is 23.1 Å². The molecule has 0 fully saturated rings. The number of anilines is 2. The second-order valence-corrected chi connectivity index (χ2v) is 5.94. The SMILES string of the molecule is NC(N)=NC(=O)c1nc(Cl)c(NCCc2ccc(O)cc2)nc1N.O=C(O)C(F)(F)F. The molecule has 0 unspecified atom stereocenters. The third kappa shape index (κ3) is 8.61. The van der Waals surface area contributed by atoms with Crippen molar-refractivity contribution in [2.75, 3.05) is 17.6 Å². The Labute approximate surface area is 177 Å². The Bertz CT molecular complexity index is 965. The number of nitrogens with one attached hydrogen (secondary N) is 1. The standard InChI is InChI=1S/C14H16ClN7O2.C2HF3O2/c15-10-12(19-6-5-7-1-3-8(23)4-2-7)21-11(16)9(20-10)13(24)22-14(17)18;3-2(4,5)1(6)7/h1-4,23H,5-6H2,(H3,16,19,21)(H4,17,18,22,24);(H,6,7). The van der Waals surface area contributed by atoms with Gasteiger partial charge >= 0.3 is 18.1 Å². The lowest BCUT2D eigenvalue weighted by molar-refractivity contribution is -0.192. The van der Waals surface area contributed by atoms with Gasteiger partial charge in [0.15, 0.2) is 28.4 Å². The summed E-state index contributed by atoms with van der Waals surface area (Å²) in [6, 6.07) is 6.81. The van der Waals surface area contributed by atoms with E-state index >= 15 is 0 Å². The smallest absolute Gasteiger partial charge is 0.490 e.